The Morgan fingerprint density at radius 1 is 1.05 bits per heavy atom. The van der Waals surface area contributed by atoms with Gasteiger partial charge >= 0.3 is 0 Å². The molecular weight excluding hydrogens is 256 g/mol. The molecule has 0 radical (unpaired) electrons. The fourth-order valence-corrected chi connectivity index (χ4v) is 2.87. The second-order valence-electron chi connectivity index (χ2n) is 7.70. The smallest absolute Gasteiger partial charge is 0.0233 e. The monoisotopic (exact) mass is 288 g/mol. The Kier molecular flexibility index (Phi) is 5.83. The van der Waals surface area contributed by atoms with Crippen LogP contribution in [0.4, 0.5) is 0 Å². The van der Waals surface area contributed by atoms with Crippen molar-refractivity contribution in [1.29, 1.82) is 0 Å². The lowest BCUT2D eigenvalue weighted by atomic mass is 9.98. The molecule has 0 saturated carbocycles. The molecule has 0 bridgehead atoms. The highest BCUT2D eigenvalue weighted by atomic mass is 15.1. The number of benzene rings is 1. The van der Waals surface area contributed by atoms with E-state index in [4.69, 9.17) is 0 Å². The maximum atomic E-state index is 3.55. The van der Waals surface area contributed by atoms with Crippen molar-refractivity contribution in [1.82, 2.24) is 10.2 Å². The predicted octanol–water partition coefficient (Wildman–Crippen LogP) is 3.85. The summed E-state index contributed by atoms with van der Waals surface area (Å²) in [5.74, 6) is 0.916. The van der Waals surface area contributed by atoms with Crippen LogP contribution in [0.25, 0.3) is 0 Å². The average Bonchev–Trinajstić information content (AvgIpc) is 2.42. The van der Waals surface area contributed by atoms with Gasteiger partial charge in [0.2, 0.25) is 0 Å². The number of piperidine rings is 1. The van der Waals surface area contributed by atoms with Crippen LogP contribution in [0.3, 0.4) is 0 Å². The third-order valence-corrected chi connectivity index (χ3v) is 4.37. The van der Waals surface area contributed by atoms with E-state index in [0.29, 0.717) is 0 Å². The first-order chi connectivity index (χ1) is 9.92. The summed E-state index contributed by atoms with van der Waals surface area (Å²) in [5, 5.41) is 3.55. The molecular formula is C19H32N2. The Hall–Kier alpha value is -0.860. The lowest BCUT2D eigenvalue weighted by Crippen LogP contribution is -2.37. The molecule has 1 fully saturated rings. The molecule has 1 heterocycles. The van der Waals surface area contributed by atoms with Gasteiger partial charge in [0.05, 0.1) is 0 Å². The van der Waals surface area contributed by atoms with Crippen molar-refractivity contribution < 1.29 is 0 Å². The van der Waals surface area contributed by atoms with Gasteiger partial charge < -0.3 is 5.32 Å². The molecule has 118 valence electrons. The van der Waals surface area contributed by atoms with Crippen LogP contribution in [0.2, 0.25) is 0 Å². The van der Waals surface area contributed by atoms with Gasteiger partial charge in [-0.3, -0.25) is 4.90 Å². The highest BCUT2D eigenvalue weighted by Gasteiger charge is 2.15. The second kappa shape index (κ2) is 7.42. The number of likely N-dealkylation sites (tertiary alicyclic amines) is 1. The van der Waals surface area contributed by atoms with Crippen molar-refractivity contribution >= 4 is 0 Å². The number of hydrogen-bond acceptors (Lipinski definition) is 2. The molecule has 2 nitrogen and oxygen atoms in total. The third kappa shape index (κ3) is 6.19. The van der Waals surface area contributed by atoms with Crippen LogP contribution in [-0.2, 0) is 13.0 Å². The largest absolute Gasteiger partial charge is 0.312 e. The molecule has 2 rings (SSSR count). The Labute approximate surface area is 130 Å². The van der Waals surface area contributed by atoms with Gasteiger partial charge in [0.25, 0.3) is 0 Å². The summed E-state index contributed by atoms with van der Waals surface area (Å²) in [6.07, 6.45) is 3.83. The molecule has 1 aromatic rings. The molecule has 0 spiro atoms. The van der Waals surface area contributed by atoms with Crippen LogP contribution < -0.4 is 5.32 Å². The second-order valence-corrected chi connectivity index (χ2v) is 7.70. The van der Waals surface area contributed by atoms with E-state index in [2.05, 4.69) is 62.2 Å². The summed E-state index contributed by atoms with van der Waals surface area (Å²) in [6.45, 7) is 13.7. The van der Waals surface area contributed by atoms with E-state index in [-0.39, 0.29) is 5.54 Å². The van der Waals surface area contributed by atoms with Crippen LogP contribution in [-0.4, -0.2) is 30.1 Å². The quantitative estimate of drug-likeness (QED) is 0.885. The first-order valence-electron chi connectivity index (χ1n) is 8.47. The summed E-state index contributed by atoms with van der Waals surface area (Å²) in [7, 11) is 0. The van der Waals surface area contributed by atoms with Gasteiger partial charge in [-0.15, -0.1) is 0 Å². The molecule has 0 aromatic heterocycles. The summed E-state index contributed by atoms with van der Waals surface area (Å²) < 4.78 is 0. The zero-order valence-electron chi connectivity index (χ0n) is 14.3. The first-order valence-corrected chi connectivity index (χ1v) is 8.47. The zero-order valence-corrected chi connectivity index (χ0v) is 14.3. The Balaban J connectivity index is 1.76. The molecule has 0 atom stereocenters. The Morgan fingerprint density at radius 2 is 1.62 bits per heavy atom. The highest BCUT2D eigenvalue weighted by molar-refractivity contribution is 5.22. The summed E-state index contributed by atoms with van der Waals surface area (Å²) in [5.41, 5.74) is 3.10. The van der Waals surface area contributed by atoms with E-state index in [1.54, 1.807) is 0 Å². The average molecular weight is 288 g/mol. The van der Waals surface area contributed by atoms with Gasteiger partial charge in [0, 0.05) is 12.1 Å². The molecule has 0 unspecified atom stereocenters. The molecule has 1 aliphatic heterocycles. The normalized spacial score (nSPS) is 18.1. The van der Waals surface area contributed by atoms with E-state index in [1.165, 1.54) is 37.1 Å². The molecule has 21 heavy (non-hydrogen) atoms. The lowest BCUT2D eigenvalue weighted by molar-refractivity contribution is 0.185. The number of nitrogens with one attached hydrogen (secondary N) is 1. The minimum Gasteiger partial charge on any atom is -0.312 e. The molecule has 0 aliphatic carbocycles. The van der Waals surface area contributed by atoms with Crippen LogP contribution >= 0.6 is 0 Å². The Bertz CT molecular complexity index is 408. The van der Waals surface area contributed by atoms with E-state index in [9.17, 15) is 0 Å². The SMILES string of the molecule is CC1CCN(Cc2ccc(CCNC(C)(C)C)cc2)CC1. The fraction of sp³-hybridized carbons (Fsp3) is 0.684. The van der Waals surface area contributed by atoms with Crippen LogP contribution in [0.1, 0.15) is 51.7 Å². The van der Waals surface area contributed by atoms with Crippen molar-refractivity contribution in [3.8, 4) is 0 Å². The summed E-state index contributed by atoms with van der Waals surface area (Å²) in [6, 6.07) is 9.22. The lowest BCUT2D eigenvalue weighted by Gasteiger charge is -2.30. The van der Waals surface area contributed by atoms with Gasteiger partial charge in [0.1, 0.15) is 0 Å². The highest BCUT2D eigenvalue weighted by Crippen LogP contribution is 2.18. The van der Waals surface area contributed by atoms with E-state index < -0.39 is 0 Å². The van der Waals surface area contributed by atoms with Crippen molar-refractivity contribution in [2.75, 3.05) is 19.6 Å². The van der Waals surface area contributed by atoms with Crippen molar-refractivity contribution in [2.24, 2.45) is 5.92 Å². The van der Waals surface area contributed by atoms with Gasteiger partial charge in [0.15, 0.2) is 0 Å². The molecule has 1 aromatic carbocycles. The zero-order chi connectivity index (χ0) is 15.3. The minimum absolute atomic E-state index is 0.214. The first kappa shape index (κ1) is 16.5. The molecule has 1 saturated heterocycles. The van der Waals surface area contributed by atoms with Crippen LogP contribution in [0.15, 0.2) is 24.3 Å². The maximum absolute atomic E-state index is 3.55. The number of nitrogens with zero attached hydrogens (tertiary/aromatic N) is 1. The van der Waals surface area contributed by atoms with Gasteiger partial charge in [-0.2, -0.15) is 0 Å². The topological polar surface area (TPSA) is 15.3 Å². The molecule has 0 amide bonds. The number of rotatable bonds is 5. The van der Waals surface area contributed by atoms with Gasteiger partial charge in [-0.1, -0.05) is 31.2 Å². The van der Waals surface area contributed by atoms with Gasteiger partial charge in [-0.05, 0) is 76.7 Å². The van der Waals surface area contributed by atoms with E-state index in [0.717, 1.165) is 25.4 Å². The van der Waals surface area contributed by atoms with E-state index >= 15 is 0 Å². The molecule has 1 N–H and O–H groups in total. The van der Waals surface area contributed by atoms with Crippen LogP contribution in [0, 0.1) is 5.92 Å². The van der Waals surface area contributed by atoms with Crippen molar-refractivity contribution in [3.63, 3.8) is 0 Å². The summed E-state index contributed by atoms with van der Waals surface area (Å²) >= 11 is 0. The summed E-state index contributed by atoms with van der Waals surface area (Å²) in [4.78, 5) is 2.59. The van der Waals surface area contributed by atoms with Crippen molar-refractivity contribution in [3.05, 3.63) is 35.4 Å². The van der Waals surface area contributed by atoms with Crippen molar-refractivity contribution in [2.45, 2.75) is 59.0 Å². The third-order valence-electron chi connectivity index (χ3n) is 4.37. The predicted molar refractivity (Wildman–Crippen MR) is 91.6 cm³/mol. The van der Waals surface area contributed by atoms with Crippen LogP contribution in [0.5, 0.6) is 0 Å². The Morgan fingerprint density at radius 3 is 2.19 bits per heavy atom. The van der Waals surface area contributed by atoms with E-state index in [1.807, 2.05) is 0 Å². The van der Waals surface area contributed by atoms with Gasteiger partial charge in [-0.25, -0.2) is 0 Å². The maximum Gasteiger partial charge on any atom is 0.0233 e. The standard InChI is InChI=1S/C19H32N2/c1-16-10-13-21(14-11-16)15-18-7-5-17(6-8-18)9-12-20-19(2,3)4/h5-8,16,20H,9-15H2,1-4H3. The fourth-order valence-electron chi connectivity index (χ4n) is 2.87. The number of hydrogen-bond donors (Lipinski definition) is 1. The minimum atomic E-state index is 0.214. The molecule has 1 aliphatic rings. The molecule has 2 heteroatoms.